The zero-order valence-corrected chi connectivity index (χ0v) is 8.72. The SMILES string of the molecule is CCC[C@@H](O)[C@@H](N)c1ccc(O)c(O)c1. The molecule has 1 aromatic rings. The smallest absolute Gasteiger partial charge is 0.157 e. The Morgan fingerprint density at radius 1 is 1.27 bits per heavy atom. The molecular weight excluding hydrogens is 194 g/mol. The van der Waals surface area contributed by atoms with Crippen molar-refractivity contribution in [1.29, 1.82) is 0 Å². The average molecular weight is 211 g/mol. The van der Waals surface area contributed by atoms with Crippen LogP contribution in [0.15, 0.2) is 18.2 Å². The summed E-state index contributed by atoms with van der Waals surface area (Å²) < 4.78 is 0. The summed E-state index contributed by atoms with van der Waals surface area (Å²) in [4.78, 5) is 0. The molecule has 2 atom stereocenters. The molecule has 0 aliphatic carbocycles. The van der Waals surface area contributed by atoms with Gasteiger partial charge in [0.15, 0.2) is 11.5 Å². The van der Waals surface area contributed by atoms with Gasteiger partial charge in [0.25, 0.3) is 0 Å². The Morgan fingerprint density at radius 2 is 1.93 bits per heavy atom. The molecule has 4 nitrogen and oxygen atoms in total. The van der Waals surface area contributed by atoms with Gasteiger partial charge in [-0.15, -0.1) is 0 Å². The molecular formula is C11H17NO3. The standard InChI is InChI=1S/C11H17NO3/c1-2-3-9(14)11(12)7-4-5-8(13)10(15)6-7/h4-6,9,11,13-15H,2-3,12H2,1H3/t9-,11+/m1/s1. The van der Waals surface area contributed by atoms with Gasteiger partial charge in [0.05, 0.1) is 12.1 Å². The van der Waals surface area contributed by atoms with Crippen molar-refractivity contribution in [3.05, 3.63) is 23.8 Å². The van der Waals surface area contributed by atoms with Gasteiger partial charge in [-0.05, 0) is 24.1 Å². The predicted octanol–water partition coefficient (Wildman–Crippen LogP) is 1.26. The molecule has 1 aromatic carbocycles. The molecule has 0 amide bonds. The van der Waals surface area contributed by atoms with Crippen LogP contribution in [0, 0.1) is 0 Å². The largest absolute Gasteiger partial charge is 0.504 e. The number of rotatable bonds is 4. The quantitative estimate of drug-likeness (QED) is 0.565. The normalized spacial score (nSPS) is 14.9. The maximum Gasteiger partial charge on any atom is 0.157 e. The summed E-state index contributed by atoms with van der Waals surface area (Å²) in [6, 6.07) is 3.80. The number of nitrogens with two attached hydrogens (primary N) is 1. The lowest BCUT2D eigenvalue weighted by molar-refractivity contribution is 0.134. The number of aliphatic hydroxyl groups excluding tert-OH is 1. The van der Waals surface area contributed by atoms with Gasteiger partial charge >= 0.3 is 0 Å². The van der Waals surface area contributed by atoms with Crippen molar-refractivity contribution in [3.8, 4) is 11.5 Å². The highest BCUT2D eigenvalue weighted by molar-refractivity contribution is 5.41. The minimum Gasteiger partial charge on any atom is -0.504 e. The van der Waals surface area contributed by atoms with Crippen molar-refractivity contribution in [1.82, 2.24) is 0 Å². The molecule has 0 saturated carbocycles. The minimum absolute atomic E-state index is 0.184. The van der Waals surface area contributed by atoms with Crippen LogP contribution in [0.25, 0.3) is 0 Å². The van der Waals surface area contributed by atoms with E-state index in [9.17, 15) is 10.2 Å². The lowest BCUT2D eigenvalue weighted by atomic mass is 9.99. The van der Waals surface area contributed by atoms with Crippen LogP contribution in [0.2, 0.25) is 0 Å². The lowest BCUT2D eigenvalue weighted by Gasteiger charge is -2.18. The van der Waals surface area contributed by atoms with Crippen molar-refractivity contribution in [2.24, 2.45) is 5.73 Å². The fraction of sp³-hybridized carbons (Fsp3) is 0.455. The second-order valence-corrected chi connectivity index (χ2v) is 3.63. The van der Waals surface area contributed by atoms with Crippen LogP contribution in [0.1, 0.15) is 31.4 Å². The van der Waals surface area contributed by atoms with Crippen molar-refractivity contribution in [2.75, 3.05) is 0 Å². The number of phenolic OH excluding ortho intramolecular Hbond substituents is 2. The lowest BCUT2D eigenvalue weighted by Crippen LogP contribution is -2.25. The van der Waals surface area contributed by atoms with E-state index in [4.69, 9.17) is 10.8 Å². The average Bonchev–Trinajstić information content (AvgIpc) is 2.21. The number of benzene rings is 1. The molecule has 0 bridgehead atoms. The first-order chi connectivity index (χ1) is 7.06. The van der Waals surface area contributed by atoms with Gasteiger partial charge in [-0.2, -0.15) is 0 Å². The molecule has 0 aliphatic rings. The summed E-state index contributed by atoms with van der Waals surface area (Å²) in [5.74, 6) is -0.400. The summed E-state index contributed by atoms with van der Waals surface area (Å²) in [5, 5.41) is 28.0. The predicted molar refractivity (Wildman–Crippen MR) is 57.6 cm³/mol. The fourth-order valence-electron chi connectivity index (χ4n) is 1.45. The molecule has 15 heavy (non-hydrogen) atoms. The Bertz CT molecular complexity index is 328. The van der Waals surface area contributed by atoms with E-state index in [0.717, 1.165) is 6.42 Å². The van der Waals surface area contributed by atoms with E-state index in [2.05, 4.69) is 0 Å². The molecule has 0 fully saturated rings. The molecule has 0 unspecified atom stereocenters. The third kappa shape index (κ3) is 2.84. The summed E-state index contributed by atoms with van der Waals surface area (Å²) in [6.45, 7) is 1.96. The molecule has 0 saturated heterocycles. The van der Waals surface area contributed by atoms with Gasteiger partial charge in [0.1, 0.15) is 0 Å². The van der Waals surface area contributed by atoms with E-state index in [1.54, 1.807) is 6.07 Å². The highest BCUT2D eigenvalue weighted by atomic mass is 16.3. The number of aliphatic hydroxyl groups is 1. The van der Waals surface area contributed by atoms with Crippen LogP contribution in [0.4, 0.5) is 0 Å². The van der Waals surface area contributed by atoms with Gasteiger partial charge in [-0.25, -0.2) is 0 Å². The van der Waals surface area contributed by atoms with Crippen LogP contribution in [0.3, 0.4) is 0 Å². The van der Waals surface area contributed by atoms with E-state index < -0.39 is 12.1 Å². The Kier molecular flexibility index (Phi) is 3.94. The Hall–Kier alpha value is -1.26. The molecule has 4 heteroatoms. The number of phenols is 2. The van der Waals surface area contributed by atoms with Crippen molar-refractivity contribution in [3.63, 3.8) is 0 Å². The van der Waals surface area contributed by atoms with Crippen molar-refractivity contribution < 1.29 is 15.3 Å². The second-order valence-electron chi connectivity index (χ2n) is 3.63. The first-order valence-electron chi connectivity index (χ1n) is 5.01. The molecule has 0 aliphatic heterocycles. The Balaban J connectivity index is 2.81. The first kappa shape index (κ1) is 11.8. The third-order valence-corrected chi connectivity index (χ3v) is 2.38. The van der Waals surface area contributed by atoms with Gasteiger partial charge < -0.3 is 21.1 Å². The highest BCUT2D eigenvalue weighted by Crippen LogP contribution is 2.28. The molecule has 1 rings (SSSR count). The third-order valence-electron chi connectivity index (χ3n) is 2.38. The number of hydrogen-bond acceptors (Lipinski definition) is 4. The summed E-state index contributed by atoms with van der Waals surface area (Å²) in [7, 11) is 0. The van der Waals surface area contributed by atoms with E-state index >= 15 is 0 Å². The maximum atomic E-state index is 9.66. The molecule has 0 heterocycles. The van der Waals surface area contributed by atoms with E-state index in [1.165, 1.54) is 12.1 Å². The maximum absolute atomic E-state index is 9.66. The van der Waals surface area contributed by atoms with Gasteiger partial charge in [-0.3, -0.25) is 0 Å². The Labute approximate surface area is 89.0 Å². The van der Waals surface area contributed by atoms with Crippen molar-refractivity contribution >= 4 is 0 Å². The van der Waals surface area contributed by atoms with Gasteiger partial charge in [0.2, 0.25) is 0 Å². The van der Waals surface area contributed by atoms with Gasteiger partial charge in [-0.1, -0.05) is 19.4 Å². The zero-order valence-electron chi connectivity index (χ0n) is 8.72. The fourth-order valence-corrected chi connectivity index (χ4v) is 1.45. The molecule has 5 N–H and O–H groups in total. The molecule has 0 spiro atoms. The molecule has 0 radical (unpaired) electrons. The zero-order chi connectivity index (χ0) is 11.4. The summed E-state index contributed by atoms with van der Waals surface area (Å²) in [5.41, 5.74) is 6.42. The summed E-state index contributed by atoms with van der Waals surface area (Å²) >= 11 is 0. The van der Waals surface area contributed by atoms with E-state index in [0.29, 0.717) is 12.0 Å². The van der Waals surface area contributed by atoms with Crippen LogP contribution in [-0.2, 0) is 0 Å². The topological polar surface area (TPSA) is 86.7 Å². The van der Waals surface area contributed by atoms with Crippen LogP contribution in [-0.4, -0.2) is 21.4 Å². The van der Waals surface area contributed by atoms with E-state index in [1.807, 2.05) is 6.92 Å². The second kappa shape index (κ2) is 5.00. The number of hydrogen-bond donors (Lipinski definition) is 4. The van der Waals surface area contributed by atoms with Crippen molar-refractivity contribution in [2.45, 2.75) is 31.9 Å². The monoisotopic (exact) mass is 211 g/mol. The van der Waals surface area contributed by atoms with Gasteiger partial charge in [0, 0.05) is 0 Å². The number of aromatic hydroxyl groups is 2. The molecule has 84 valence electrons. The Morgan fingerprint density at radius 3 is 2.47 bits per heavy atom. The highest BCUT2D eigenvalue weighted by Gasteiger charge is 2.16. The molecule has 0 aromatic heterocycles. The minimum atomic E-state index is -0.626. The van der Waals surface area contributed by atoms with Crippen LogP contribution >= 0.6 is 0 Å². The van der Waals surface area contributed by atoms with E-state index in [-0.39, 0.29) is 11.5 Å². The first-order valence-corrected chi connectivity index (χ1v) is 5.01. The van der Waals surface area contributed by atoms with Crippen LogP contribution in [0.5, 0.6) is 11.5 Å². The van der Waals surface area contributed by atoms with Crippen LogP contribution < -0.4 is 5.73 Å². The summed E-state index contributed by atoms with van der Waals surface area (Å²) in [6.07, 6.45) is 0.834.